The minimum Gasteiger partial charge on any atom is -0.444 e. The van der Waals surface area contributed by atoms with Crippen molar-refractivity contribution in [2.24, 2.45) is 0 Å². The summed E-state index contributed by atoms with van der Waals surface area (Å²) in [4.78, 5) is 34.4. The zero-order chi connectivity index (χ0) is 35.5. The second-order valence-electron chi connectivity index (χ2n) is 13.1. The van der Waals surface area contributed by atoms with E-state index in [2.05, 4.69) is 4.98 Å². The highest BCUT2D eigenvalue weighted by molar-refractivity contribution is 8.17. The maximum Gasteiger partial charge on any atom is 0.416 e. The van der Waals surface area contributed by atoms with Crippen molar-refractivity contribution in [1.82, 2.24) is 19.4 Å². The van der Waals surface area contributed by atoms with E-state index in [1.165, 1.54) is 11.9 Å². The summed E-state index contributed by atoms with van der Waals surface area (Å²) < 4.78 is 120. The fourth-order valence-corrected chi connectivity index (χ4v) is 8.94. The summed E-state index contributed by atoms with van der Waals surface area (Å²) in [6.07, 6.45) is -10.2. The molecule has 1 fully saturated rings. The van der Waals surface area contributed by atoms with Crippen LogP contribution >= 0.6 is 10.9 Å². The zero-order valence-electron chi connectivity index (χ0n) is 26.7. The minimum atomic E-state index is -4.91. The number of hydrogen-bond acceptors (Lipinski definition) is 6. The van der Waals surface area contributed by atoms with Crippen molar-refractivity contribution >= 4 is 33.7 Å². The molecule has 0 radical (unpaired) electrons. The van der Waals surface area contributed by atoms with E-state index in [9.17, 15) is 40.3 Å². The molecule has 48 heavy (non-hydrogen) atoms. The van der Waals surface area contributed by atoms with E-state index in [4.69, 9.17) is 4.74 Å². The Balaban J connectivity index is 1.72. The molecule has 1 aromatic heterocycles. The second kappa shape index (κ2) is 12.7. The van der Waals surface area contributed by atoms with Gasteiger partial charge in [0.1, 0.15) is 23.1 Å². The number of alkyl halides is 6. The summed E-state index contributed by atoms with van der Waals surface area (Å²) in [6.45, 7) is 5.28. The molecule has 0 bridgehead atoms. The van der Waals surface area contributed by atoms with Crippen LogP contribution in [0.3, 0.4) is 0 Å². The van der Waals surface area contributed by atoms with Crippen LogP contribution in [0.5, 0.6) is 0 Å². The van der Waals surface area contributed by atoms with Crippen LogP contribution in [0.1, 0.15) is 33.3 Å². The zero-order valence-corrected chi connectivity index (χ0v) is 27.6. The van der Waals surface area contributed by atoms with Crippen molar-refractivity contribution in [2.45, 2.75) is 74.1 Å². The van der Waals surface area contributed by atoms with E-state index >= 15 is 4.39 Å². The Hall–Kier alpha value is -3.60. The van der Waals surface area contributed by atoms with Gasteiger partial charge in [-0.25, -0.2) is 18.4 Å². The fraction of sp³-hybridized carbons (Fsp3) is 0.516. The largest absolute Gasteiger partial charge is 0.444 e. The van der Waals surface area contributed by atoms with Crippen LogP contribution in [-0.2, 0) is 17.5 Å². The summed E-state index contributed by atoms with van der Waals surface area (Å²) in [5.74, 6) is -2.38. The van der Waals surface area contributed by atoms with E-state index < -0.39 is 76.5 Å². The smallest absolute Gasteiger partial charge is 0.416 e. The highest BCUT2D eigenvalue weighted by atomic mass is 32.2. The number of thiol groups is 1. The molecule has 1 amide bonds. The quantitative estimate of drug-likeness (QED) is 0.249. The number of hydrogen-bond donors (Lipinski definition) is 1. The van der Waals surface area contributed by atoms with Gasteiger partial charge in [-0.2, -0.15) is 42.2 Å². The molecule has 17 heteroatoms. The van der Waals surface area contributed by atoms with E-state index in [1.54, 1.807) is 32.6 Å². The summed E-state index contributed by atoms with van der Waals surface area (Å²) in [5, 5.41) is -0.105. The lowest BCUT2D eigenvalue weighted by Gasteiger charge is -2.41. The highest BCUT2D eigenvalue weighted by Crippen LogP contribution is 2.53. The number of amides is 1. The maximum absolute atomic E-state index is 15.4. The Kier molecular flexibility index (Phi) is 9.44. The molecule has 3 aromatic rings. The van der Waals surface area contributed by atoms with Crippen molar-refractivity contribution in [3.63, 3.8) is 0 Å². The highest BCUT2D eigenvalue weighted by Gasteiger charge is 2.40. The van der Waals surface area contributed by atoms with Gasteiger partial charge in [-0.15, -0.1) is 0 Å². The number of likely N-dealkylation sites (N-methyl/N-ethyl adjacent to an activating group) is 1. The molecule has 2 aromatic carbocycles. The Morgan fingerprint density at radius 1 is 1.02 bits per heavy atom. The number of piperazine rings is 1. The van der Waals surface area contributed by atoms with Crippen molar-refractivity contribution in [2.75, 3.05) is 43.9 Å². The molecule has 3 atom stereocenters. The number of aromatic nitrogens is 2. The third-order valence-electron chi connectivity index (χ3n) is 8.24. The summed E-state index contributed by atoms with van der Waals surface area (Å²) in [7, 11) is -1.05. The Morgan fingerprint density at radius 2 is 1.71 bits per heavy atom. The van der Waals surface area contributed by atoms with Crippen LogP contribution in [-0.4, -0.2) is 88.3 Å². The number of benzene rings is 2. The number of carbonyl (C=O) groups excluding carboxylic acids is 1. The molecule has 2 aliphatic rings. The third kappa shape index (κ3) is 7.51. The van der Waals surface area contributed by atoms with Crippen LogP contribution in [0.25, 0.3) is 10.9 Å². The summed E-state index contributed by atoms with van der Waals surface area (Å²) in [5.41, 5.74) is -2.83. The molecule has 0 N–H and O–H groups in total. The molecular weight excluding hydrogens is 674 g/mol. The monoisotopic (exact) mass is 709 g/mol. The summed E-state index contributed by atoms with van der Waals surface area (Å²) >= 11 is 0. The lowest BCUT2D eigenvalue weighted by atomic mass is 10.1. The molecule has 1 unspecified atom stereocenters. The fourth-order valence-electron chi connectivity index (χ4n) is 6.10. The van der Waals surface area contributed by atoms with Crippen LogP contribution in [0.4, 0.5) is 45.7 Å². The normalized spacial score (nSPS) is 21.5. The number of rotatable bonds is 4. The van der Waals surface area contributed by atoms with Crippen LogP contribution in [0, 0.1) is 11.6 Å². The van der Waals surface area contributed by atoms with Crippen molar-refractivity contribution in [3.05, 3.63) is 58.0 Å². The molecular formula is C31H35F8N5O3S. The summed E-state index contributed by atoms with van der Waals surface area (Å²) in [6, 6.07) is 2.57. The predicted octanol–water partition coefficient (Wildman–Crippen LogP) is 6.43. The van der Waals surface area contributed by atoms with Crippen LogP contribution in [0.2, 0.25) is 0 Å². The van der Waals surface area contributed by atoms with E-state index in [1.807, 2.05) is 0 Å². The molecule has 8 nitrogen and oxygen atoms in total. The number of anilines is 1. The molecule has 2 aliphatic heterocycles. The van der Waals surface area contributed by atoms with Gasteiger partial charge in [0.05, 0.1) is 17.6 Å². The van der Waals surface area contributed by atoms with E-state index in [0.29, 0.717) is 6.07 Å². The standard InChI is InChI=1S/C31H35F8N5O3S/c1-17-13-42(28(46)47-29(2,3)4)8-9-43(17)26-21-10-18(31(37,38)39)11-24-25(21)44(27(45)40-26)14-20(41(5)16-30(34,35)36)15-48(24)23-7-6-19(32)12-22(23)33/h6-7,10-12,17,20,48H,8-9,13-16H2,1-5H3/t17-,20-/m0/s1. The van der Waals surface area contributed by atoms with Gasteiger partial charge in [0, 0.05) is 65.3 Å². The van der Waals surface area contributed by atoms with Crippen LogP contribution < -0.4 is 10.6 Å². The average Bonchev–Trinajstić information content (AvgIpc) is 3.11. The average molecular weight is 710 g/mol. The van der Waals surface area contributed by atoms with Crippen molar-refractivity contribution in [1.29, 1.82) is 0 Å². The first-order valence-corrected chi connectivity index (χ1v) is 16.6. The molecule has 0 aliphatic carbocycles. The van der Waals surface area contributed by atoms with Crippen molar-refractivity contribution < 1.29 is 44.7 Å². The first-order chi connectivity index (χ1) is 22.1. The molecule has 0 saturated carbocycles. The van der Waals surface area contributed by atoms with Gasteiger partial charge in [-0.05, 0) is 59.0 Å². The number of ether oxygens (including phenoxy) is 1. The number of halogens is 8. The number of nitrogens with zero attached hydrogens (tertiary/aromatic N) is 5. The van der Waals surface area contributed by atoms with E-state index in [-0.39, 0.29) is 58.4 Å². The Labute approximate surface area is 273 Å². The maximum atomic E-state index is 15.4. The van der Waals surface area contributed by atoms with Gasteiger partial charge in [0.25, 0.3) is 0 Å². The Bertz CT molecular complexity index is 1770. The minimum absolute atomic E-state index is 0.0162. The van der Waals surface area contributed by atoms with Gasteiger partial charge in [-0.1, -0.05) is 0 Å². The van der Waals surface area contributed by atoms with Crippen molar-refractivity contribution in [3.8, 4) is 0 Å². The molecule has 5 rings (SSSR count). The first kappa shape index (κ1) is 35.7. The number of carbonyl (C=O) groups is 1. The lowest BCUT2D eigenvalue weighted by molar-refractivity contribution is -0.147. The molecule has 264 valence electrons. The van der Waals surface area contributed by atoms with Crippen LogP contribution in [0.15, 0.2) is 44.9 Å². The Morgan fingerprint density at radius 3 is 2.29 bits per heavy atom. The molecule has 1 saturated heterocycles. The topological polar surface area (TPSA) is 70.9 Å². The SMILES string of the molecule is C[C@H]1CN(C(=O)OC(C)(C)C)CCN1c1nc(=O)n2c3c(cc(C(F)(F)F)cc13)[SH](c1ccc(F)cc1F)C[C@@H](N(C)CC(F)(F)F)C2. The van der Waals surface area contributed by atoms with E-state index in [0.717, 1.165) is 33.7 Å². The van der Waals surface area contributed by atoms with Gasteiger partial charge in [0.15, 0.2) is 0 Å². The van der Waals surface area contributed by atoms with Gasteiger partial charge >= 0.3 is 24.1 Å². The third-order valence-corrected chi connectivity index (χ3v) is 10.9. The molecule has 0 spiro atoms. The van der Waals surface area contributed by atoms with Gasteiger partial charge in [-0.3, -0.25) is 9.47 Å². The lowest BCUT2D eigenvalue weighted by Crippen LogP contribution is -2.55. The predicted molar refractivity (Wildman–Crippen MR) is 165 cm³/mol. The van der Waals surface area contributed by atoms with Gasteiger partial charge in [0.2, 0.25) is 0 Å². The first-order valence-electron chi connectivity index (χ1n) is 15.0. The second-order valence-corrected chi connectivity index (χ2v) is 15.3. The van der Waals surface area contributed by atoms with Gasteiger partial charge < -0.3 is 14.5 Å². The molecule has 3 heterocycles.